The van der Waals surface area contributed by atoms with Gasteiger partial charge in [-0.05, 0) is 80.8 Å². The van der Waals surface area contributed by atoms with Crippen molar-refractivity contribution < 1.29 is 4.79 Å². The van der Waals surface area contributed by atoms with Crippen LogP contribution in [-0.4, -0.2) is 26.8 Å². The van der Waals surface area contributed by atoms with E-state index in [1.165, 1.54) is 0 Å². The molecule has 0 saturated carbocycles. The van der Waals surface area contributed by atoms with E-state index in [4.69, 9.17) is 0 Å². The van der Waals surface area contributed by atoms with E-state index in [0.717, 1.165) is 28.1 Å². The van der Waals surface area contributed by atoms with Gasteiger partial charge >= 0.3 is 0 Å². The summed E-state index contributed by atoms with van der Waals surface area (Å²) in [5.41, 5.74) is 5.19. The maximum atomic E-state index is 13.4. The highest BCUT2D eigenvalue weighted by Crippen LogP contribution is 2.19. The van der Waals surface area contributed by atoms with Gasteiger partial charge < -0.3 is 4.90 Å². The second-order valence-electron chi connectivity index (χ2n) is 7.79. The monoisotopic (exact) mass is 414 g/mol. The SMILES string of the molecule is CCN(C(=O)Cn1c2ncccc2c(=O)n1-c1ccc(C)c(C)c1)c1cccc(C)c1. The minimum Gasteiger partial charge on any atom is -0.311 e. The standard InChI is InChI=1S/C25H26N4O2/c1-5-27(20-9-6-8-17(2)14-20)23(30)16-28-24-22(10-7-13-26-24)25(31)29(28)21-12-11-18(3)19(4)15-21/h6-15H,5,16H2,1-4H3. The molecule has 0 spiro atoms. The molecule has 2 aromatic heterocycles. The fourth-order valence-electron chi connectivity index (χ4n) is 3.86. The second kappa shape index (κ2) is 8.22. The van der Waals surface area contributed by atoms with E-state index in [1.54, 1.807) is 32.6 Å². The molecule has 2 aromatic carbocycles. The van der Waals surface area contributed by atoms with Crippen LogP contribution in [-0.2, 0) is 11.3 Å². The first-order chi connectivity index (χ1) is 14.9. The van der Waals surface area contributed by atoms with Gasteiger partial charge in [0, 0.05) is 18.4 Å². The molecule has 0 unspecified atom stereocenters. The van der Waals surface area contributed by atoms with Crippen LogP contribution in [0.2, 0.25) is 0 Å². The van der Waals surface area contributed by atoms with E-state index in [-0.39, 0.29) is 18.0 Å². The molecule has 4 rings (SSSR count). The van der Waals surface area contributed by atoms with Gasteiger partial charge in [-0.2, -0.15) is 0 Å². The Bertz CT molecular complexity index is 1330. The van der Waals surface area contributed by atoms with Gasteiger partial charge in [-0.3, -0.25) is 14.3 Å². The summed E-state index contributed by atoms with van der Waals surface area (Å²) < 4.78 is 3.24. The number of anilines is 1. The van der Waals surface area contributed by atoms with Crippen LogP contribution in [0.4, 0.5) is 5.69 Å². The Morgan fingerprint density at radius 3 is 2.52 bits per heavy atom. The summed E-state index contributed by atoms with van der Waals surface area (Å²) in [5, 5.41) is 0.493. The topological polar surface area (TPSA) is 60.1 Å². The van der Waals surface area contributed by atoms with Crippen LogP contribution < -0.4 is 10.5 Å². The van der Waals surface area contributed by atoms with Crippen molar-refractivity contribution in [3.05, 3.63) is 87.8 Å². The lowest BCUT2D eigenvalue weighted by atomic mass is 10.1. The Morgan fingerprint density at radius 1 is 1.00 bits per heavy atom. The van der Waals surface area contributed by atoms with Crippen LogP contribution >= 0.6 is 0 Å². The summed E-state index contributed by atoms with van der Waals surface area (Å²) in [5.74, 6) is -0.103. The minimum atomic E-state index is -0.183. The maximum Gasteiger partial charge on any atom is 0.280 e. The quantitative estimate of drug-likeness (QED) is 0.493. The average Bonchev–Trinajstić information content (AvgIpc) is 3.03. The highest BCUT2D eigenvalue weighted by molar-refractivity contribution is 5.94. The molecule has 0 saturated heterocycles. The lowest BCUT2D eigenvalue weighted by Gasteiger charge is -2.23. The average molecular weight is 415 g/mol. The summed E-state index contributed by atoms with van der Waals surface area (Å²) in [4.78, 5) is 32.8. The van der Waals surface area contributed by atoms with Crippen LogP contribution in [0.3, 0.4) is 0 Å². The van der Waals surface area contributed by atoms with Crippen molar-refractivity contribution in [2.75, 3.05) is 11.4 Å². The molecule has 6 nitrogen and oxygen atoms in total. The summed E-state index contributed by atoms with van der Waals surface area (Å²) in [6, 6.07) is 17.2. The van der Waals surface area contributed by atoms with E-state index >= 15 is 0 Å². The molecule has 0 radical (unpaired) electrons. The number of likely N-dealkylation sites (N-methyl/N-ethyl adjacent to an activating group) is 1. The van der Waals surface area contributed by atoms with Gasteiger partial charge in [0.25, 0.3) is 5.56 Å². The van der Waals surface area contributed by atoms with Crippen LogP contribution in [0.15, 0.2) is 65.6 Å². The number of nitrogens with zero attached hydrogens (tertiary/aromatic N) is 4. The first kappa shape index (κ1) is 20.6. The molecule has 0 aliphatic rings. The van der Waals surface area contributed by atoms with Gasteiger partial charge in [0.05, 0.1) is 11.1 Å². The molecular weight excluding hydrogens is 388 g/mol. The normalized spacial score (nSPS) is 11.1. The predicted molar refractivity (Wildman–Crippen MR) is 124 cm³/mol. The number of hydrogen-bond acceptors (Lipinski definition) is 3. The van der Waals surface area contributed by atoms with Crippen molar-refractivity contribution in [2.24, 2.45) is 0 Å². The number of benzene rings is 2. The van der Waals surface area contributed by atoms with Crippen LogP contribution in [0.1, 0.15) is 23.6 Å². The second-order valence-corrected chi connectivity index (χ2v) is 7.79. The fraction of sp³-hybridized carbons (Fsp3) is 0.240. The highest BCUT2D eigenvalue weighted by atomic mass is 16.2. The molecule has 0 aliphatic carbocycles. The number of hydrogen-bond donors (Lipinski definition) is 0. The number of carbonyl (C=O) groups is 1. The molecule has 31 heavy (non-hydrogen) atoms. The van der Waals surface area contributed by atoms with Crippen molar-refractivity contribution in [3.8, 4) is 5.69 Å². The molecule has 6 heteroatoms. The molecule has 0 aliphatic heterocycles. The number of aryl methyl sites for hydroxylation is 3. The fourth-order valence-corrected chi connectivity index (χ4v) is 3.86. The first-order valence-corrected chi connectivity index (χ1v) is 10.4. The number of pyridine rings is 1. The van der Waals surface area contributed by atoms with Gasteiger partial charge in [-0.15, -0.1) is 0 Å². The zero-order chi connectivity index (χ0) is 22.1. The van der Waals surface area contributed by atoms with Crippen molar-refractivity contribution >= 4 is 22.6 Å². The van der Waals surface area contributed by atoms with Crippen molar-refractivity contribution in [2.45, 2.75) is 34.2 Å². The van der Waals surface area contributed by atoms with E-state index < -0.39 is 0 Å². The molecular formula is C25H26N4O2. The van der Waals surface area contributed by atoms with Gasteiger partial charge in [-0.1, -0.05) is 18.2 Å². The minimum absolute atomic E-state index is 0.00442. The van der Waals surface area contributed by atoms with Crippen LogP contribution in [0.25, 0.3) is 16.7 Å². The molecule has 0 atom stereocenters. The maximum absolute atomic E-state index is 13.4. The largest absolute Gasteiger partial charge is 0.311 e. The lowest BCUT2D eigenvalue weighted by molar-refractivity contribution is -0.119. The van der Waals surface area contributed by atoms with Gasteiger partial charge in [0.2, 0.25) is 5.91 Å². The van der Waals surface area contributed by atoms with Crippen molar-refractivity contribution in [1.82, 2.24) is 14.3 Å². The van der Waals surface area contributed by atoms with Crippen LogP contribution in [0, 0.1) is 20.8 Å². The Kier molecular flexibility index (Phi) is 5.46. The molecule has 158 valence electrons. The van der Waals surface area contributed by atoms with E-state index in [1.807, 2.05) is 70.2 Å². The van der Waals surface area contributed by atoms with Crippen LogP contribution in [0.5, 0.6) is 0 Å². The van der Waals surface area contributed by atoms with Gasteiger partial charge in [0.1, 0.15) is 6.54 Å². The highest BCUT2D eigenvalue weighted by Gasteiger charge is 2.21. The number of fused-ring (bicyclic) bond motifs is 1. The summed E-state index contributed by atoms with van der Waals surface area (Å²) in [7, 11) is 0. The van der Waals surface area contributed by atoms with E-state index in [0.29, 0.717) is 17.6 Å². The van der Waals surface area contributed by atoms with Crippen molar-refractivity contribution in [3.63, 3.8) is 0 Å². The number of rotatable bonds is 5. The number of carbonyl (C=O) groups excluding carboxylic acids is 1. The third-order valence-corrected chi connectivity index (χ3v) is 5.65. The van der Waals surface area contributed by atoms with E-state index in [9.17, 15) is 9.59 Å². The first-order valence-electron chi connectivity index (χ1n) is 10.4. The third-order valence-electron chi connectivity index (χ3n) is 5.65. The zero-order valence-electron chi connectivity index (χ0n) is 18.3. The number of aromatic nitrogens is 3. The summed E-state index contributed by atoms with van der Waals surface area (Å²) in [6.45, 7) is 8.53. The Labute approximate surface area is 181 Å². The lowest BCUT2D eigenvalue weighted by Crippen LogP contribution is -2.36. The Hall–Kier alpha value is -3.67. The number of amides is 1. The molecule has 0 N–H and O–H groups in total. The molecule has 4 aromatic rings. The zero-order valence-corrected chi connectivity index (χ0v) is 18.3. The molecule has 0 fully saturated rings. The molecule has 1 amide bonds. The molecule has 2 heterocycles. The Balaban J connectivity index is 1.84. The van der Waals surface area contributed by atoms with Gasteiger partial charge in [-0.25, -0.2) is 9.67 Å². The van der Waals surface area contributed by atoms with Crippen molar-refractivity contribution in [1.29, 1.82) is 0 Å². The summed E-state index contributed by atoms with van der Waals surface area (Å²) in [6.07, 6.45) is 1.64. The Morgan fingerprint density at radius 2 is 1.81 bits per heavy atom. The van der Waals surface area contributed by atoms with Gasteiger partial charge in [0.15, 0.2) is 5.65 Å². The third kappa shape index (κ3) is 3.77. The predicted octanol–water partition coefficient (Wildman–Crippen LogP) is 4.17. The summed E-state index contributed by atoms with van der Waals surface area (Å²) >= 11 is 0. The smallest absolute Gasteiger partial charge is 0.280 e. The molecule has 0 bridgehead atoms. The van der Waals surface area contributed by atoms with E-state index in [2.05, 4.69) is 4.98 Å².